The number of nitrogens with one attached hydrogen (secondary N) is 4. The SMILES string of the molecule is CC(NC(=O)C1CCCN1)C(=O)NC(Cc1ccc(O)cc1)C(=O)NC(CO)C(=O)O. The van der Waals surface area contributed by atoms with Crippen molar-refractivity contribution in [2.24, 2.45) is 0 Å². The molecule has 3 amide bonds. The summed E-state index contributed by atoms with van der Waals surface area (Å²) in [6.07, 6.45) is 1.54. The van der Waals surface area contributed by atoms with Crippen LogP contribution in [0.2, 0.25) is 0 Å². The summed E-state index contributed by atoms with van der Waals surface area (Å²) in [7, 11) is 0. The number of phenols is 1. The predicted octanol–water partition coefficient (Wildman–Crippen LogP) is -1.76. The Labute approximate surface area is 179 Å². The largest absolute Gasteiger partial charge is 0.508 e. The maximum Gasteiger partial charge on any atom is 0.328 e. The Kier molecular flexibility index (Phi) is 8.76. The number of carboxylic acids is 1. The molecule has 4 unspecified atom stereocenters. The Hall–Kier alpha value is -3.18. The van der Waals surface area contributed by atoms with Gasteiger partial charge < -0.3 is 36.6 Å². The van der Waals surface area contributed by atoms with Crippen LogP contribution in [0, 0.1) is 0 Å². The van der Waals surface area contributed by atoms with Crippen LogP contribution in [0.4, 0.5) is 0 Å². The highest BCUT2D eigenvalue weighted by Gasteiger charge is 2.29. The molecule has 0 aromatic heterocycles. The number of aliphatic carboxylic acids is 1. The highest BCUT2D eigenvalue weighted by atomic mass is 16.4. The number of rotatable bonds is 10. The lowest BCUT2D eigenvalue weighted by Gasteiger charge is -2.23. The molecule has 0 saturated carbocycles. The monoisotopic (exact) mass is 436 g/mol. The Balaban J connectivity index is 2.07. The summed E-state index contributed by atoms with van der Waals surface area (Å²) in [5.41, 5.74) is 0.598. The number of carbonyl (C=O) groups is 4. The molecule has 2 rings (SSSR count). The number of phenolic OH excluding ortho intramolecular Hbond substituents is 1. The number of hydrogen-bond acceptors (Lipinski definition) is 7. The molecular formula is C20H28N4O7. The molecule has 0 spiro atoms. The highest BCUT2D eigenvalue weighted by molar-refractivity contribution is 5.94. The summed E-state index contributed by atoms with van der Waals surface area (Å²) >= 11 is 0. The van der Waals surface area contributed by atoms with Crippen LogP contribution >= 0.6 is 0 Å². The van der Waals surface area contributed by atoms with Crippen molar-refractivity contribution in [2.45, 2.75) is 50.4 Å². The van der Waals surface area contributed by atoms with E-state index >= 15 is 0 Å². The minimum Gasteiger partial charge on any atom is -0.508 e. The molecule has 1 aromatic rings. The molecule has 4 atom stereocenters. The average molecular weight is 436 g/mol. The molecule has 1 fully saturated rings. The van der Waals surface area contributed by atoms with Crippen LogP contribution in [-0.2, 0) is 25.6 Å². The molecule has 0 radical (unpaired) electrons. The molecule has 11 nitrogen and oxygen atoms in total. The molecule has 0 bridgehead atoms. The van der Waals surface area contributed by atoms with Crippen molar-refractivity contribution >= 4 is 23.7 Å². The van der Waals surface area contributed by atoms with Crippen molar-refractivity contribution in [1.82, 2.24) is 21.3 Å². The number of hydrogen-bond donors (Lipinski definition) is 7. The van der Waals surface area contributed by atoms with Gasteiger partial charge in [-0.05, 0) is 44.0 Å². The maximum absolute atomic E-state index is 12.6. The van der Waals surface area contributed by atoms with E-state index in [-0.39, 0.29) is 24.1 Å². The zero-order valence-corrected chi connectivity index (χ0v) is 17.1. The number of aromatic hydroxyl groups is 1. The van der Waals surface area contributed by atoms with E-state index < -0.39 is 42.5 Å². The summed E-state index contributed by atoms with van der Waals surface area (Å²) in [5, 5.41) is 37.9. The second-order valence-corrected chi connectivity index (χ2v) is 7.39. The molecule has 1 saturated heterocycles. The van der Waals surface area contributed by atoms with Gasteiger partial charge in [0.1, 0.15) is 23.9 Å². The van der Waals surface area contributed by atoms with E-state index in [0.29, 0.717) is 12.0 Å². The van der Waals surface area contributed by atoms with Gasteiger partial charge in [-0.15, -0.1) is 0 Å². The van der Waals surface area contributed by atoms with Crippen LogP contribution in [0.25, 0.3) is 0 Å². The second kappa shape index (κ2) is 11.3. The van der Waals surface area contributed by atoms with Crippen molar-refractivity contribution < 1.29 is 34.5 Å². The minimum atomic E-state index is -1.53. The summed E-state index contributed by atoms with van der Waals surface area (Å²) < 4.78 is 0. The zero-order valence-electron chi connectivity index (χ0n) is 17.1. The van der Waals surface area contributed by atoms with Gasteiger partial charge in [-0.25, -0.2) is 4.79 Å². The quantitative estimate of drug-likeness (QED) is 0.225. The Morgan fingerprint density at radius 1 is 1.06 bits per heavy atom. The summed E-state index contributed by atoms with van der Waals surface area (Å²) in [6.45, 7) is 1.39. The van der Waals surface area contributed by atoms with Crippen molar-refractivity contribution in [3.05, 3.63) is 29.8 Å². The van der Waals surface area contributed by atoms with Gasteiger partial charge in [0.05, 0.1) is 12.6 Å². The van der Waals surface area contributed by atoms with Gasteiger partial charge in [-0.2, -0.15) is 0 Å². The van der Waals surface area contributed by atoms with Crippen LogP contribution < -0.4 is 21.3 Å². The molecule has 1 aliphatic heterocycles. The number of carboxylic acid groups (broad SMARTS) is 1. The van der Waals surface area contributed by atoms with Crippen LogP contribution in [0.1, 0.15) is 25.3 Å². The van der Waals surface area contributed by atoms with Gasteiger partial charge >= 0.3 is 5.97 Å². The normalized spacial score (nSPS) is 18.5. The fourth-order valence-electron chi connectivity index (χ4n) is 3.12. The molecular weight excluding hydrogens is 408 g/mol. The first kappa shape index (κ1) is 24.1. The molecule has 1 aromatic carbocycles. The van der Waals surface area contributed by atoms with E-state index in [2.05, 4.69) is 21.3 Å². The highest BCUT2D eigenvalue weighted by Crippen LogP contribution is 2.12. The minimum absolute atomic E-state index is 0.000464. The van der Waals surface area contributed by atoms with Crippen LogP contribution in [0.5, 0.6) is 5.75 Å². The van der Waals surface area contributed by atoms with Gasteiger partial charge in [0.25, 0.3) is 0 Å². The smallest absolute Gasteiger partial charge is 0.328 e. The molecule has 11 heteroatoms. The number of aliphatic hydroxyl groups excluding tert-OH is 1. The summed E-state index contributed by atoms with van der Waals surface area (Å²) in [4.78, 5) is 48.6. The van der Waals surface area contributed by atoms with Crippen molar-refractivity contribution in [2.75, 3.05) is 13.2 Å². The predicted molar refractivity (Wildman–Crippen MR) is 109 cm³/mol. The third kappa shape index (κ3) is 7.23. The maximum atomic E-state index is 12.6. The lowest BCUT2D eigenvalue weighted by atomic mass is 10.0. The molecule has 1 aliphatic rings. The summed E-state index contributed by atoms with van der Waals surface area (Å²) in [6, 6.07) is 1.94. The fraction of sp³-hybridized carbons (Fsp3) is 0.500. The molecule has 31 heavy (non-hydrogen) atoms. The number of amides is 3. The summed E-state index contributed by atoms with van der Waals surface area (Å²) in [5.74, 6) is -3.14. The molecule has 0 aliphatic carbocycles. The van der Waals surface area contributed by atoms with E-state index in [4.69, 9.17) is 10.2 Å². The van der Waals surface area contributed by atoms with Crippen molar-refractivity contribution in [3.8, 4) is 5.75 Å². The van der Waals surface area contributed by atoms with Crippen LogP contribution in [-0.4, -0.2) is 76.3 Å². The number of carbonyl (C=O) groups excluding carboxylic acids is 3. The van der Waals surface area contributed by atoms with Crippen LogP contribution in [0.3, 0.4) is 0 Å². The zero-order chi connectivity index (χ0) is 23.0. The van der Waals surface area contributed by atoms with Gasteiger partial charge in [0.2, 0.25) is 17.7 Å². The molecule has 1 heterocycles. The lowest BCUT2D eigenvalue weighted by molar-refractivity contribution is -0.143. The number of benzene rings is 1. The molecule has 7 N–H and O–H groups in total. The van der Waals surface area contributed by atoms with Gasteiger partial charge in [0, 0.05) is 6.42 Å². The fourth-order valence-corrected chi connectivity index (χ4v) is 3.12. The Bertz CT molecular complexity index is 793. The lowest BCUT2D eigenvalue weighted by Crippen LogP contribution is -2.57. The first-order chi connectivity index (χ1) is 14.7. The third-order valence-corrected chi connectivity index (χ3v) is 4.94. The van der Waals surface area contributed by atoms with Gasteiger partial charge in [-0.1, -0.05) is 12.1 Å². The molecule has 170 valence electrons. The van der Waals surface area contributed by atoms with E-state index in [1.807, 2.05) is 0 Å². The Morgan fingerprint density at radius 2 is 1.71 bits per heavy atom. The second-order valence-electron chi connectivity index (χ2n) is 7.39. The van der Waals surface area contributed by atoms with Gasteiger partial charge in [0.15, 0.2) is 0 Å². The standard InChI is InChI=1S/C20H28N4O7/c1-11(22-18(28)14-3-2-8-21-14)17(27)23-15(9-12-4-6-13(26)7-5-12)19(29)24-16(10-25)20(30)31/h4-7,11,14-16,21,25-26H,2-3,8-10H2,1H3,(H,22,28)(H,23,27)(H,24,29)(H,30,31). The van der Waals surface area contributed by atoms with Gasteiger partial charge in [-0.3, -0.25) is 14.4 Å². The van der Waals surface area contributed by atoms with E-state index in [1.165, 1.54) is 19.1 Å². The first-order valence-electron chi connectivity index (χ1n) is 9.97. The van der Waals surface area contributed by atoms with Crippen molar-refractivity contribution in [3.63, 3.8) is 0 Å². The van der Waals surface area contributed by atoms with E-state index in [1.54, 1.807) is 12.1 Å². The third-order valence-electron chi connectivity index (χ3n) is 4.94. The topological polar surface area (TPSA) is 177 Å². The average Bonchev–Trinajstić information content (AvgIpc) is 3.27. The number of aliphatic hydroxyl groups is 1. The Morgan fingerprint density at radius 3 is 2.26 bits per heavy atom. The first-order valence-corrected chi connectivity index (χ1v) is 9.97. The van der Waals surface area contributed by atoms with Crippen molar-refractivity contribution in [1.29, 1.82) is 0 Å². The van der Waals surface area contributed by atoms with E-state index in [0.717, 1.165) is 13.0 Å². The van der Waals surface area contributed by atoms with E-state index in [9.17, 15) is 24.3 Å². The van der Waals surface area contributed by atoms with Crippen LogP contribution in [0.15, 0.2) is 24.3 Å².